The number of nitrogens with zero attached hydrogens (tertiary/aromatic N) is 2. The SMILES string of the molecule is CC1(C)Oc2c(C=CC(N)=O)oc(N3CNC4=C(N)NC=N[C@@H]43)c2O1. The third-order valence-electron chi connectivity index (χ3n) is 3.91. The number of nitrogens with one attached hydrogen (secondary N) is 2. The number of aliphatic imine (C=N–C) groups is 1. The van der Waals surface area contributed by atoms with Crippen LogP contribution >= 0.6 is 0 Å². The Bertz CT molecular complexity index is 837. The highest BCUT2D eigenvalue weighted by molar-refractivity contribution is 5.90. The van der Waals surface area contributed by atoms with Gasteiger partial charge in [-0.05, 0) is 6.08 Å². The van der Waals surface area contributed by atoms with E-state index in [9.17, 15) is 4.79 Å². The van der Waals surface area contributed by atoms with Gasteiger partial charge in [-0.1, -0.05) is 0 Å². The van der Waals surface area contributed by atoms with Crippen molar-refractivity contribution >= 4 is 24.2 Å². The van der Waals surface area contributed by atoms with Crippen LogP contribution in [-0.4, -0.2) is 30.9 Å². The fourth-order valence-corrected chi connectivity index (χ4v) is 2.89. The second-order valence-electron chi connectivity index (χ2n) is 6.20. The van der Waals surface area contributed by atoms with Crippen molar-refractivity contribution < 1.29 is 18.7 Å². The Morgan fingerprint density at radius 2 is 2.20 bits per heavy atom. The van der Waals surface area contributed by atoms with Gasteiger partial charge in [-0.15, -0.1) is 0 Å². The Kier molecular flexibility index (Phi) is 3.11. The maximum atomic E-state index is 11.0. The third kappa shape index (κ3) is 2.42. The Balaban J connectivity index is 1.76. The van der Waals surface area contributed by atoms with Crippen LogP contribution in [0.1, 0.15) is 19.6 Å². The number of fused-ring (bicyclic) bond motifs is 2. The molecule has 3 aliphatic rings. The molecule has 0 bridgehead atoms. The molecule has 0 saturated carbocycles. The van der Waals surface area contributed by atoms with Crippen molar-refractivity contribution in [2.24, 2.45) is 16.5 Å². The van der Waals surface area contributed by atoms with E-state index < -0.39 is 11.7 Å². The third-order valence-corrected chi connectivity index (χ3v) is 3.91. The lowest BCUT2D eigenvalue weighted by molar-refractivity contribution is -0.113. The zero-order valence-electron chi connectivity index (χ0n) is 13.7. The molecule has 4 rings (SSSR count). The first kappa shape index (κ1) is 15.2. The second-order valence-corrected chi connectivity index (χ2v) is 6.20. The van der Waals surface area contributed by atoms with Gasteiger partial charge in [-0.25, -0.2) is 4.99 Å². The second kappa shape index (κ2) is 5.10. The van der Waals surface area contributed by atoms with E-state index in [1.165, 1.54) is 18.5 Å². The van der Waals surface area contributed by atoms with Crippen LogP contribution in [-0.2, 0) is 4.79 Å². The highest BCUT2D eigenvalue weighted by atomic mass is 16.7. The molecule has 1 amide bonds. The van der Waals surface area contributed by atoms with Crippen LogP contribution < -0.4 is 36.5 Å². The Labute approximate surface area is 143 Å². The number of carbonyl (C=O) groups excluding carboxylic acids is 1. The summed E-state index contributed by atoms with van der Waals surface area (Å²) in [7, 11) is 0. The zero-order valence-corrected chi connectivity index (χ0v) is 13.7. The summed E-state index contributed by atoms with van der Waals surface area (Å²) < 4.78 is 17.6. The smallest absolute Gasteiger partial charge is 0.246 e. The first-order valence-electron chi connectivity index (χ1n) is 7.66. The van der Waals surface area contributed by atoms with Gasteiger partial charge in [0, 0.05) is 19.9 Å². The molecule has 0 unspecified atom stereocenters. The summed E-state index contributed by atoms with van der Waals surface area (Å²) in [6.45, 7) is 3.99. The number of rotatable bonds is 3. The quantitative estimate of drug-likeness (QED) is 0.549. The number of amides is 1. The molecule has 1 atom stereocenters. The zero-order chi connectivity index (χ0) is 17.8. The molecule has 4 heterocycles. The highest BCUT2D eigenvalue weighted by Gasteiger charge is 2.44. The van der Waals surface area contributed by atoms with Crippen molar-refractivity contribution in [1.82, 2.24) is 10.6 Å². The molecule has 0 radical (unpaired) electrons. The monoisotopic (exact) mass is 346 g/mol. The fraction of sp³-hybridized carbons (Fsp3) is 0.333. The summed E-state index contributed by atoms with van der Waals surface area (Å²) in [5.74, 6) is 0.700. The average molecular weight is 346 g/mol. The van der Waals surface area contributed by atoms with Crippen LogP contribution in [0.3, 0.4) is 0 Å². The number of primary amides is 1. The minimum Gasteiger partial charge on any atom is -0.445 e. The van der Waals surface area contributed by atoms with E-state index in [0.29, 0.717) is 35.6 Å². The van der Waals surface area contributed by atoms with Crippen LogP contribution in [0.15, 0.2) is 27.0 Å². The van der Waals surface area contributed by atoms with Crippen LogP contribution in [0.2, 0.25) is 0 Å². The number of ether oxygens (including phenoxy) is 2. The Morgan fingerprint density at radius 1 is 1.44 bits per heavy atom. The van der Waals surface area contributed by atoms with E-state index in [0.717, 1.165) is 5.70 Å². The molecule has 1 saturated heterocycles. The molecule has 10 nitrogen and oxygen atoms in total. The number of carbonyl (C=O) groups is 1. The standard InChI is InChI=1S/C15H18N6O4/c1-15(2)24-10-7(3-4-8(16)22)23-14(11(10)25-15)21-6-20-9-12(17)18-5-19-13(9)21/h3-5,13,20H,6,17H2,1-2H3,(H2,16,22)(H,18,19)/t13-/m1/s1. The minimum atomic E-state index is -0.853. The molecule has 6 N–H and O–H groups in total. The van der Waals surface area contributed by atoms with Crippen LogP contribution in [0.5, 0.6) is 11.5 Å². The van der Waals surface area contributed by atoms with Crippen LogP contribution in [0.4, 0.5) is 5.88 Å². The van der Waals surface area contributed by atoms with Crippen LogP contribution in [0, 0.1) is 0 Å². The van der Waals surface area contributed by atoms with Gasteiger partial charge < -0.3 is 36.0 Å². The topological polar surface area (TPSA) is 140 Å². The summed E-state index contributed by atoms with van der Waals surface area (Å²) in [6, 6.07) is 0. The van der Waals surface area contributed by atoms with E-state index >= 15 is 0 Å². The highest BCUT2D eigenvalue weighted by Crippen LogP contribution is 2.52. The summed E-state index contributed by atoms with van der Waals surface area (Å²) in [5.41, 5.74) is 11.9. The molecule has 1 aromatic rings. The van der Waals surface area contributed by atoms with Crippen molar-refractivity contribution in [1.29, 1.82) is 0 Å². The lowest BCUT2D eigenvalue weighted by atomic mass is 10.3. The Hall–Kier alpha value is -3.30. The largest absolute Gasteiger partial charge is 0.445 e. The number of hydrogen-bond donors (Lipinski definition) is 4. The van der Waals surface area contributed by atoms with Gasteiger partial charge >= 0.3 is 0 Å². The van der Waals surface area contributed by atoms with Gasteiger partial charge in [0.1, 0.15) is 5.82 Å². The van der Waals surface area contributed by atoms with Gasteiger partial charge in [0.15, 0.2) is 11.9 Å². The number of hydrogen-bond acceptors (Lipinski definition) is 9. The van der Waals surface area contributed by atoms with Crippen molar-refractivity contribution in [2.45, 2.75) is 25.8 Å². The maximum Gasteiger partial charge on any atom is 0.246 e. The van der Waals surface area contributed by atoms with Gasteiger partial charge in [-0.3, -0.25) is 9.69 Å². The lowest BCUT2D eigenvalue weighted by Crippen LogP contribution is -2.36. The van der Waals surface area contributed by atoms with Crippen LogP contribution in [0.25, 0.3) is 6.08 Å². The minimum absolute atomic E-state index is 0.345. The number of anilines is 1. The molecule has 25 heavy (non-hydrogen) atoms. The van der Waals surface area contributed by atoms with Gasteiger partial charge in [-0.2, -0.15) is 0 Å². The molecule has 0 aromatic carbocycles. The number of furan rings is 1. The van der Waals surface area contributed by atoms with Crippen molar-refractivity contribution in [3.05, 3.63) is 23.4 Å². The molecule has 1 aromatic heterocycles. The summed E-state index contributed by atoms with van der Waals surface area (Å²) in [6.07, 6.45) is 3.82. The molecule has 0 aliphatic carbocycles. The molecule has 132 valence electrons. The molecular formula is C15H18N6O4. The lowest BCUT2D eigenvalue weighted by Gasteiger charge is -2.24. The summed E-state index contributed by atoms with van der Waals surface area (Å²) in [4.78, 5) is 17.3. The van der Waals surface area contributed by atoms with E-state index in [-0.39, 0.29) is 6.17 Å². The van der Waals surface area contributed by atoms with E-state index in [4.69, 9.17) is 25.4 Å². The molecule has 3 aliphatic heterocycles. The van der Waals surface area contributed by atoms with E-state index in [1.807, 2.05) is 4.90 Å². The van der Waals surface area contributed by atoms with Crippen molar-refractivity contribution in [3.63, 3.8) is 0 Å². The van der Waals surface area contributed by atoms with Crippen molar-refractivity contribution in [3.8, 4) is 11.5 Å². The number of nitrogens with two attached hydrogens (primary N) is 2. The van der Waals surface area contributed by atoms with Gasteiger partial charge in [0.2, 0.25) is 29.1 Å². The predicted molar refractivity (Wildman–Crippen MR) is 89.4 cm³/mol. The molecule has 1 fully saturated rings. The molecule has 0 spiro atoms. The van der Waals surface area contributed by atoms with Gasteiger partial charge in [0.05, 0.1) is 18.7 Å². The summed E-state index contributed by atoms with van der Waals surface area (Å²) in [5, 5.41) is 6.04. The summed E-state index contributed by atoms with van der Waals surface area (Å²) >= 11 is 0. The first-order valence-corrected chi connectivity index (χ1v) is 7.66. The Morgan fingerprint density at radius 3 is 2.96 bits per heavy atom. The van der Waals surface area contributed by atoms with Gasteiger partial charge in [0.25, 0.3) is 0 Å². The molecule has 10 heteroatoms. The normalized spacial score (nSPS) is 23.0. The fourth-order valence-electron chi connectivity index (χ4n) is 2.89. The van der Waals surface area contributed by atoms with E-state index in [1.54, 1.807) is 13.8 Å². The van der Waals surface area contributed by atoms with Crippen molar-refractivity contribution in [2.75, 3.05) is 11.6 Å². The van der Waals surface area contributed by atoms with E-state index in [2.05, 4.69) is 15.6 Å². The average Bonchev–Trinajstić information content (AvgIpc) is 3.17. The molecular weight excluding hydrogens is 328 g/mol. The maximum absolute atomic E-state index is 11.0. The predicted octanol–water partition coefficient (Wildman–Crippen LogP) is -0.262. The first-order chi connectivity index (χ1) is 11.9.